The first-order valence-corrected chi connectivity index (χ1v) is 3.55. The van der Waals surface area contributed by atoms with E-state index in [1.165, 1.54) is 0 Å². The van der Waals surface area contributed by atoms with Crippen LogP contribution in [-0.4, -0.2) is 18.6 Å². The Balaban J connectivity index is 3.50. The van der Waals surface area contributed by atoms with Crippen molar-refractivity contribution in [3.8, 4) is 12.3 Å². The molecule has 0 amide bonds. The molecular formula is C8H13NO2. The molecule has 0 radical (unpaired) electrons. The molecule has 0 aliphatic heterocycles. The molecule has 0 aromatic heterocycles. The number of ether oxygens (including phenoxy) is 1. The molecule has 0 aliphatic carbocycles. The van der Waals surface area contributed by atoms with Gasteiger partial charge in [0.05, 0.1) is 13.0 Å². The van der Waals surface area contributed by atoms with Gasteiger partial charge in [0.2, 0.25) is 0 Å². The Hall–Kier alpha value is -1.01. The van der Waals surface area contributed by atoms with Crippen LogP contribution in [0.2, 0.25) is 0 Å². The Morgan fingerprint density at radius 2 is 2.45 bits per heavy atom. The number of rotatable bonds is 4. The summed E-state index contributed by atoms with van der Waals surface area (Å²) in [7, 11) is 0. The van der Waals surface area contributed by atoms with Crippen LogP contribution < -0.4 is 5.73 Å². The summed E-state index contributed by atoms with van der Waals surface area (Å²) >= 11 is 0. The Morgan fingerprint density at radius 3 is 2.91 bits per heavy atom. The van der Waals surface area contributed by atoms with Crippen molar-refractivity contribution in [1.29, 1.82) is 0 Å². The molecule has 0 fully saturated rings. The molecule has 0 rings (SSSR count). The van der Waals surface area contributed by atoms with Crippen molar-refractivity contribution in [3.05, 3.63) is 0 Å². The van der Waals surface area contributed by atoms with Gasteiger partial charge in [-0.1, -0.05) is 0 Å². The Labute approximate surface area is 66.9 Å². The second kappa shape index (κ2) is 5.75. The standard InChI is InChI=1S/C8H13NO2/c1-3-5-7(9)6-8(10)11-4-2/h1,7H,4-6,9H2,2H3. The third-order valence-corrected chi connectivity index (χ3v) is 1.11. The zero-order chi connectivity index (χ0) is 8.69. The number of carbonyl (C=O) groups excluding carboxylic acids is 1. The quantitative estimate of drug-likeness (QED) is 0.469. The summed E-state index contributed by atoms with van der Waals surface area (Å²) in [6.45, 7) is 2.15. The van der Waals surface area contributed by atoms with Crippen LogP contribution in [0.25, 0.3) is 0 Å². The average Bonchev–Trinajstić information content (AvgIpc) is 1.87. The summed E-state index contributed by atoms with van der Waals surface area (Å²) in [5.74, 6) is 2.10. The van der Waals surface area contributed by atoms with Crippen LogP contribution in [0.15, 0.2) is 0 Å². The fourth-order valence-electron chi connectivity index (χ4n) is 0.658. The van der Waals surface area contributed by atoms with E-state index in [2.05, 4.69) is 10.7 Å². The molecule has 0 heterocycles. The molecule has 3 nitrogen and oxygen atoms in total. The van der Waals surface area contributed by atoms with Crippen LogP contribution in [0.4, 0.5) is 0 Å². The molecule has 0 aromatic rings. The van der Waals surface area contributed by atoms with Crippen LogP contribution in [0.5, 0.6) is 0 Å². The minimum Gasteiger partial charge on any atom is -0.466 e. The van der Waals surface area contributed by atoms with E-state index in [9.17, 15) is 4.79 Å². The summed E-state index contributed by atoms with van der Waals surface area (Å²) in [4.78, 5) is 10.8. The number of esters is 1. The van der Waals surface area contributed by atoms with Crippen molar-refractivity contribution >= 4 is 5.97 Å². The monoisotopic (exact) mass is 155 g/mol. The van der Waals surface area contributed by atoms with E-state index in [1.54, 1.807) is 6.92 Å². The lowest BCUT2D eigenvalue weighted by Crippen LogP contribution is -2.24. The van der Waals surface area contributed by atoms with Crippen LogP contribution in [0.1, 0.15) is 19.8 Å². The molecule has 0 spiro atoms. The van der Waals surface area contributed by atoms with E-state index in [-0.39, 0.29) is 18.4 Å². The van der Waals surface area contributed by atoms with Gasteiger partial charge in [-0.2, -0.15) is 0 Å². The van der Waals surface area contributed by atoms with E-state index < -0.39 is 0 Å². The van der Waals surface area contributed by atoms with Crippen LogP contribution in [0.3, 0.4) is 0 Å². The lowest BCUT2D eigenvalue weighted by molar-refractivity contribution is -0.143. The van der Waals surface area contributed by atoms with Gasteiger partial charge in [-0.05, 0) is 6.92 Å². The van der Waals surface area contributed by atoms with E-state index in [1.807, 2.05) is 0 Å². The highest BCUT2D eigenvalue weighted by atomic mass is 16.5. The van der Waals surface area contributed by atoms with Gasteiger partial charge in [-0.3, -0.25) is 4.79 Å². The summed E-state index contributed by atoms with van der Waals surface area (Å²) in [6.07, 6.45) is 5.62. The zero-order valence-electron chi connectivity index (χ0n) is 6.67. The minimum absolute atomic E-state index is 0.206. The van der Waals surface area contributed by atoms with Crippen molar-refractivity contribution in [2.45, 2.75) is 25.8 Å². The molecule has 0 saturated heterocycles. The number of carbonyl (C=O) groups is 1. The van der Waals surface area contributed by atoms with E-state index >= 15 is 0 Å². The predicted molar refractivity (Wildman–Crippen MR) is 42.7 cm³/mol. The molecule has 0 saturated carbocycles. The van der Waals surface area contributed by atoms with Crippen molar-refractivity contribution in [1.82, 2.24) is 0 Å². The third-order valence-electron chi connectivity index (χ3n) is 1.11. The molecule has 0 aliphatic rings. The molecule has 62 valence electrons. The zero-order valence-corrected chi connectivity index (χ0v) is 6.67. The normalized spacial score (nSPS) is 11.7. The van der Waals surface area contributed by atoms with Crippen LogP contribution in [0, 0.1) is 12.3 Å². The fourth-order valence-corrected chi connectivity index (χ4v) is 0.658. The molecule has 1 unspecified atom stereocenters. The maximum absolute atomic E-state index is 10.8. The SMILES string of the molecule is C#CCC(N)CC(=O)OCC. The largest absolute Gasteiger partial charge is 0.466 e. The number of hydrogen-bond donors (Lipinski definition) is 1. The fraction of sp³-hybridized carbons (Fsp3) is 0.625. The summed E-state index contributed by atoms with van der Waals surface area (Å²) in [6, 6.07) is -0.265. The number of hydrogen-bond acceptors (Lipinski definition) is 3. The Morgan fingerprint density at radius 1 is 1.82 bits per heavy atom. The maximum atomic E-state index is 10.8. The summed E-state index contributed by atoms with van der Waals surface area (Å²) < 4.78 is 4.67. The van der Waals surface area contributed by atoms with Gasteiger partial charge in [0.15, 0.2) is 0 Å². The Kier molecular flexibility index (Phi) is 5.22. The topological polar surface area (TPSA) is 52.3 Å². The van der Waals surface area contributed by atoms with Gasteiger partial charge in [0.1, 0.15) is 0 Å². The molecule has 3 heteroatoms. The van der Waals surface area contributed by atoms with E-state index in [4.69, 9.17) is 12.2 Å². The van der Waals surface area contributed by atoms with Crippen LogP contribution in [-0.2, 0) is 9.53 Å². The van der Waals surface area contributed by atoms with Crippen molar-refractivity contribution in [3.63, 3.8) is 0 Å². The first-order valence-electron chi connectivity index (χ1n) is 3.55. The van der Waals surface area contributed by atoms with Gasteiger partial charge in [0, 0.05) is 12.5 Å². The minimum atomic E-state index is -0.282. The van der Waals surface area contributed by atoms with Crippen molar-refractivity contribution in [2.75, 3.05) is 6.61 Å². The lowest BCUT2D eigenvalue weighted by Gasteiger charge is -2.05. The molecule has 0 bridgehead atoms. The summed E-state index contributed by atoms with van der Waals surface area (Å²) in [5, 5.41) is 0. The average molecular weight is 155 g/mol. The van der Waals surface area contributed by atoms with Gasteiger partial charge < -0.3 is 10.5 Å². The van der Waals surface area contributed by atoms with Crippen molar-refractivity contribution < 1.29 is 9.53 Å². The van der Waals surface area contributed by atoms with E-state index in [0.29, 0.717) is 13.0 Å². The highest BCUT2D eigenvalue weighted by Crippen LogP contribution is 1.95. The number of terminal acetylenes is 1. The molecule has 11 heavy (non-hydrogen) atoms. The smallest absolute Gasteiger partial charge is 0.307 e. The molecule has 0 aromatic carbocycles. The second-order valence-electron chi connectivity index (χ2n) is 2.18. The predicted octanol–water partition coefficient (Wildman–Crippen LogP) is 0.290. The van der Waals surface area contributed by atoms with Gasteiger partial charge in [0.25, 0.3) is 0 Å². The van der Waals surface area contributed by atoms with Gasteiger partial charge in [-0.25, -0.2) is 0 Å². The maximum Gasteiger partial charge on any atom is 0.307 e. The third kappa shape index (κ3) is 5.43. The second-order valence-corrected chi connectivity index (χ2v) is 2.18. The molecule has 1 atom stereocenters. The van der Waals surface area contributed by atoms with Gasteiger partial charge >= 0.3 is 5.97 Å². The van der Waals surface area contributed by atoms with Crippen LogP contribution >= 0.6 is 0 Å². The molecule has 2 N–H and O–H groups in total. The lowest BCUT2D eigenvalue weighted by atomic mass is 10.2. The first kappa shape index (κ1) is 9.99. The highest BCUT2D eigenvalue weighted by molar-refractivity contribution is 5.70. The Bertz CT molecular complexity index is 160. The summed E-state index contributed by atoms with van der Waals surface area (Å²) in [5.41, 5.74) is 5.47. The molecular weight excluding hydrogens is 142 g/mol. The highest BCUT2D eigenvalue weighted by Gasteiger charge is 2.07. The van der Waals surface area contributed by atoms with E-state index in [0.717, 1.165) is 0 Å². The first-order chi connectivity index (χ1) is 5.20. The van der Waals surface area contributed by atoms with Crippen molar-refractivity contribution in [2.24, 2.45) is 5.73 Å². The van der Waals surface area contributed by atoms with Gasteiger partial charge in [-0.15, -0.1) is 12.3 Å². The number of nitrogens with two attached hydrogens (primary N) is 1.